The largest absolute Gasteiger partial charge is 0.497 e. The van der Waals surface area contributed by atoms with E-state index in [2.05, 4.69) is 17.2 Å². The van der Waals surface area contributed by atoms with Crippen molar-refractivity contribution in [2.75, 3.05) is 13.7 Å². The number of H-pyrrole nitrogens is 1. The van der Waals surface area contributed by atoms with E-state index in [1.807, 2.05) is 42.5 Å². The van der Waals surface area contributed by atoms with Gasteiger partial charge in [-0.2, -0.15) is 0 Å². The molecule has 2 N–H and O–H groups in total. The Morgan fingerprint density at radius 2 is 1.89 bits per heavy atom. The molecule has 4 amide bonds. The number of methoxy groups -OCH3 is 1. The molecule has 5 rings (SSSR count). The number of aromatic nitrogens is 1. The topological polar surface area (TPSA) is 94.7 Å². The summed E-state index contributed by atoms with van der Waals surface area (Å²) in [7, 11) is 1.62. The third-order valence-corrected chi connectivity index (χ3v) is 7.46. The number of aryl methyl sites for hydroxylation is 1. The molecule has 35 heavy (non-hydrogen) atoms. The van der Waals surface area contributed by atoms with Crippen molar-refractivity contribution >= 4 is 28.7 Å². The van der Waals surface area contributed by atoms with E-state index in [9.17, 15) is 14.4 Å². The van der Waals surface area contributed by atoms with Crippen LogP contribution in [0.5, 0.6) is 5.75 Å². The van der Waals surface area contributed by atoms with Crippen molar-refractivity contribution in [3.8, 4) is 5.75 Å². The second-order valence-electron chi connectivity index (χ2n) is 9.39. The van der Waals surface area contributed by atoms with Crippen molar-refractivity contribution in [1.82, 2.24) is 20.1 Å². The Morgan fingerprint density at radius 3 is 2.57 bits per heavy atom. The zero-order valence-electron chi connectivity index (χ0n) is 20.5. The van der Waals surface area contributed by atoms with Gasteiger partial charge in [0, 0.05) is 24.0 Å². The molecule has 0 unspecified atom stereocenters. The Kier molecular flexibility index (Phi) is 5.54. The summed E-state index contributed by atoms with van der Waals surface area (Å²) in [5, 5.41) is 3.86. The zero-order chi connectivity index (χ0) is 24.9. The molecule has 3 aromatic rings. The highest BCUT2D eigenvalue weighted by molar-refractivity contribution is 6.11. The summed E-state index contributed by atoms with van der Waals surface area (Å²) in [6, 6.07) is 12.4. The highest BCUT2D eigenvalue weighted by Crippen LogP contribution is 2.45. The van der Waals surface area contributed by atoms with Crippen LogP contribution in [0.1, 0.15) is 43.2 Å². The summed E-state index contributed by atoms with van der Waals surface area (Å²) in [5.41, 5.74) is 3.59. The van der Waals surface area contributed by atoms with Crippen molar-refractivity contribution in [1.29, 1.82) is 0 Å². The molecule has 8 nitrogen and oxygen atoms in total. The number of carbonyl (C=O) groups is 3. The Hall–Kier alpha value is -3.81. The maximum absolute atomic E-state index is 13.8. The van der Waals surface area contributed by atoms with Crippen LogP contribution in [-0.4, -0.2) is 52.3 Å². The normalized spacial score (nSPS) is 20.1. The Labute approximate surface area is 204 Å². The Bertz CT molecular complexity index is 1330. The van der Waals surface area contributed by atoms with Crippen LogP contribution >= 0.6 is 0 Å². The fourth-order valence-electron chi connectivity index (χ4n) is 5.26. The molecule has 1 aromatic heterocycles. The summed E-state index contributed by atoms with van der Waals surface area (Å²) in [5.74, 6) is -0.0230. The SMILES string of the molecule is CCc1ccc(CNC(=O)[C@H](C)N2C(=O)N3CCc4c([nH]c5ccc(OC)cc45)[C@@]3(C)C2=O)cc1. The van der Waals surface area contributed by atoms with E-state index in [1.54, 1.807) is 25.9 Å². The van der Waals surface area contributed by atoms with Gasteiger partial charge in [-0.25, -0.2) is 9.69 Å². The van der Waals surface area contributed by atoms with Gasteiger partial charge in [0.15, 0.2) is 5.54 Å². The molecule has 0 bridgehead atoms. The minimum Gasteiger partial charge on any atom is -0.497 e. The lowest BCUT2D eigenvalue weighted by atomic mass is 9.87. The molecular formula is C27H30N4O4. The first-order chi connectivity index (χ1) is 16.8. The minimum atomic E-state index is -1.19. The van der Waals surface area contributed by atoms with E-state index in [1.165, 1.54) is 5.56 Å². The monoisotopic (exact) mass is 474 g/mol. The van der Waals surface area contributed by atoms with Gasteiger partial charge in [0.05, 0.1) is 12.8 Å². The molecule has 2 aromatic carbocycles. The fraction of sp³-hybridized carbons (Fsp3) is 0.370. The Morgan fingerprint density at radius 1 is 1.17 bits per heavy atom. The number of ether oxygens (including phenoxy) is 1. The number of hydrogen-bond acceptors (Lipinski definition) is 4. The third kappa shape index (κ3) is 3.47. The lowest BCUT2D eigenvalue weighted by molar-refractivity contribution is -0.139. The van der Waals surface area contributed by atoms with E-state index in [0.29, 0.717) is 25.2 Å². The van der Waals surface area contributed by atoms with Gasteiger partial charge in [-0.05, 0) is 61.6 Å². The highest BCUT2D eigenvalue weighted by Gasteiger charge is 2.60. The quantitative estimate of drug-likeness (QED) is 0.535. The smallest absolute Gasteiger partial charge is 0.328 e. The molecule has 3 heterocycles. The van der Waals surface area contributed by atoms with Gasteiger partial charge < -0.3 is 19.9 Å². The summed E-state index contributed by atoms with van der Waals surface area (Å²) in [6.45, 7) is 6.18. The lowest BCUT2D eigenvalue weighted by Crippen LogP contribution is -2.49. The standard InChI is InChI=1S/C27H30N4O4/c1-5-17-6-8-18(9-7-17)15-28-24(32)16(2)31-25(33)27(3)23-20(12-13-30(27)26(31)34)21-14-19(35-4)10-11-22(21)29-23/h6-11,14,16,29H,5,12-13,15H2,1-4H3,(H,28,32)/t16-,27-/m0/s1. The van der Waals surface area contributed by atoms with Crippen molar-refractivity contribution in [3.63, 3.8) is 0 Å². The predicted octanol–water partition coefficient (Wildman–Crippen LogP) is 3.48. The first-order valence-corrected chi connectivity index (χ1v) is 12.0. The van der Waals surface area contributed by atoms with Crippen LogP contribution in [0.3, 0.4) is 0 Å². The first-order valence-electron chi connectivity index (χ1n) is 12.0. The number of aromatic amines is 1. The van der Waals surface area contributed by atoms with Crippen LogP contribution in [0.4, 0.5) is 4.79 Å². The first kappa shape index (κ1) is 23.0. The van der Waals surface area contributed by atoms with Gasteiger partial charge in [0.2, 0.25) is 5.91 Å². The number of hydrogen-bond donors (Lipinski definition) is 2. The average molecular weight is 475 g/mol. The van der Waals surface area contributed by atoms with E-state index in [0.717, 1.165) is 39.1 Å². The molecule has 2 aliphatic rings. The predicted molar refractivity (Wildman–Crippen MR) is 132 cm³/mol. The minimum absolute atomic E-state index is 0.332. The molecule has 0 spiro atoms. The van der Waals surface area contributed by atoms with Gasteiger partial charge >= 0.3 is 6.03 Å². The van der Waals surface area contributed by atoms with Crippen LogP contribution in [-0.2, 0) is 34.5 Å². The van der Waals surface area contributed by atoms with Crippen LogP contribution in [0.2, 0.25) is 0 Å². The number of fused-ring (bicyclic) bond motifs is 5. The van der Waals surface area contributed by atoms with Gasteiger partial charge in [-0.15, -0.1) is 0 Å². The summed E-state index contributed by atoms with van der Waals surface area (Å²) in [6.07, 6.45) is 1.56. The molecule has 1 saturated heterocycles. The molecule has 182 valence electrons. The van der Waals surface area contributed by atoms with Crippen LogP contribution in [0.15, 0.2) is 42.5 Å². The number of nitrogens with zero attached hydrogens (tertiary/aromatic N) is 2. The van der Waals surface area contributed by atoms with Crippen LogP contribution in [0, 0.1) is 0 Å². The molecular weight excluding hydrogens is 444 g/mol. The maximum Gasteiger partial charge on any atom is 0.328 e. The second kappa shape index (κ2) is 8.45. The summed E-state index contributed by atoms with van der Waals surface area (Å²) < 4.78 is 5.38. The number of nitrogens with one attached hydrogen (secondary N) is 2. The van der Waals surface area contributed by atoms with E-state index in [4.69, 9.17) is 4.74 Å². The van der Waals surface area contributed by atoms with Gasteiger partial charge in [-0.1, -0.05) is 31.2 Å². The van der Waals surface area contributed by atoms with Gasteiger partial charge in [0.1, 0.15) is 11.8 Å². The second-order valence-corrected chi connectivity index (χ2v) is 9.39. The van der Waals surface area contributed by atoms with E-state index in [-0.39, 0.29) is 5.91 Å². The van der Waals surface area contributed by atoms with Crippen LogP contribution in [0.25, 0.3) is 10.9 Å². The molecule has 2 aliphatic heterocycles. The number of imide groups is 1. The van der Waals surface area contributed by atoms with E-state index < -0.39 is 23.5 Å². The molecule has 0 radical (unpaired) electrons. The lowest BCUT2D eigenvalue weighted by Gasteiger charge is -2.36. The number of amides is 4. The number of urea groups is 1. The molecule has 2 atom stereocenters. The zero-order valence-corrected chi connectivity index (χ0v) is 20.5. The Balaban J connectivity index is 1.40. The average Bonchev–Trinajstić information content (AvgIpc) is 3.35. The number of rotatable bonds is 6. The summed E-state index contributed by atoms with van der Waals surface area (Å²) >= 11 is 0. The van der Waals surface area contributed by atoms with E-state index >= 15 is 0 Å². The molecule has 0 saturated carbocycles. The molecule has 0 aliphatic carbocycles. The van der Waals surface area contributed by atoms with Gasteiger partial charge in [0.25, 0.3) is 5.91 Å². The van der Waals surface area contributed by atoms with Crippen molar-refractivity contribution < 1.29 is 19.1 Å². The van der Waals surface area contributed by atoms with Crippen LogP contribution < -0.4 is 10.1 Å². The molecule has 8 heteroatoms. The number of carbonyl (C=O) groups excluding carboxylic acids is 3. The van der Waals surface area contributed by atoms with Crippen molar-refractivity contribution in [3.05, 3.63) is 64.8 Å². The molecule has 1 fully saturated rings. The summed E-state index contributed by atoms with van der Waals surface area (Å²) in [4.78, 5) is 46.2. The number of benzene rings is 2. The third-order valence-electron chi connectivity index (χ3n) is 7.46. The van der Waals surface area contributed by atoms with Gasteiger partial charge in [-0.3, -0.25) is 9.59 Å². The van der Waals surface area contributed by atoms with Crippen molar-refractivity contribution in [2.45, 2.75) is 51.7 Å². The van der Waals surface area contributed by atoms with Crippen molar-refractivity contribution in [2.24, 2.45) is 0 Å². The fourth-order valence-corrected chi connectivity index (χ4v) is 5.26. The maximum atomic E-state index is 13.8. The highest BCUT2D eigenvalue weighted by atomic mass is 16.5.